The molecule has 0 saturated heterocycles. The molecule has 0 aliphatic heterocycles. The molecule has 0 fully saturated rings. The molecule has 30 heteroatoms. The Morgan fingerprint density at radius 1 is 0.263 bits per heavy atom. The van der Waals surface area contributed by atoms with Gasteiger partial charge in [-0.25, -0.2) is 0 Å². The minimum Gasteiger partial charge on any atom is -0.466 e. The van der Waals surface area contributed by atoms with Crippen molar-refractivity contribution in [1.29, 1.82) is 0 Å². The zero-order chi connectivity index (χ0) is 78.4. The van der Waals surface area contributed by atoms with Gasteiger partial charge in [0.05, 0.1) is 34.0 Å². The number of carbonyl (C=O) groups excluding carboxylic acids is 6. The van der Waals surface area contributed by atoms with Gasteiger partial charge in [0.2, 0.25) is 16.6 Å². The Kier molecular flexibility index (Phi) is 64.0. The number of esters is 6. The van der Waals surface area contributed by atoms with E-state index in [1.165, 1.54) is 0 Å². The van der Waals surface area contributed by atoms with Crippen LogP contribution in [0.25, 0.3) is 0 Å². The summed E-state index contributed by atoms with van der Waals surface area (Å²) >= 11 is 0. The monoisotopic (exact) mass is 1530 g/mol. The lowest BCUT2D eigenvalue weighted by molar-refractivity contribution is -0.154. The lowest BCUT2D eigenvalue weighted by Gasteiger charge is -2.29. The third-order valence-corrected chi connectivity index (χ3v) is 29.4. The van der Waals surface area contributed by atoms with Crippen LogP contribution in [0.1, 0.15) is 225 Å². The molecule has 0 radical (unpaired) electrons. The van der Waals surface area contributed by atoms with Crippen molar-refractivity contribution in [1.82, 2.24) is 0 Å². The van der Waals surface area contributed by atoms with Crippen molar-refractivity contribution < 1.29 is 110 Å². The largest absolute Gasteiger partial charge is 0.540 e. The van der Waals surface area contributed by atoms with E-state index in [1.807, 2.05) is 200 Å². The lowest BCUT2D eigenvalue weighted by atomic mass is 9.91. The van der Waals surface area contributed by atoms with Gasteiger partial charge in [-0.15, -0.1) is 0 Å². The Morgan fingerprint density at radius 3 is 0.667 bits per heavy atom. The van der Waals surface area contributed by atoms with Crippen molar-refractivity contribution in [2.75, 3.05) is 117 Å². The Morgan fingerprint density at radius 2 is 0.444 bits per heavy atom. The minimum atomic E-state index is -2.89. The van der Waals surface area contributed by atoms with Crippen LogP contribution in [0.3, 0.4) is 0 Å². The maximum Gasteiger partial charge on any atom is 0.540 e. The number of hydrogen-bond donors (Lipinski definition) is 0. The molecule has 0 aliphatic rings. The number of carbonyl (C=O) groups is 6. The topological polar surface area (TPSA) is 269 Å². The van der Waals surface area contributed by atoms with Crippen LogP contribution < -0.4 is 0 Å². The summed E-state index contributed by atoms with van der Waals surface area (Å²) in [5, 5.41) is 0. The van der Waals surface area contributed by atoms with E-state index in [0.29, 0.717) is 91.7 Å². The molecular formula is C69H150O24Si6. The van der Waals surface area contributed by atoms with E-state index in [-0.39, 0.29) is 83.9 Å². The first-order chi connectivity index (χ1) is 45.9. The highest BCUT2D eigenvalue weighted by Gasteiger charge is 2.45. The molecule has 0 aromatic rings. The predicted octanol–water partition coefficient (Wildman–Crippen LogP) is 14.7. The van der Waals surface area contributed by atoms with E-state index in [2.05, 4.69) is 26.2 Å². The van der Waals surface area contributed by atoms with Gasteiger partial charge in [-0.05, 0) is 202 Å². The molecule has 0 heterocycles. The van der Waals surface area contributed by atoms with Crippen LogP contribution in [0, 0.1) is 34.0 Å². The summed E-state index contributed by atoms with van der Waals surface area (Å²) in [6, 6.07) is 0. The van der Waals surface area contributed by atoms with Gasteiger partial charge < -0.3 is 81.5 Å². The highest BCUT2D eigenvalue weighted by molar-refractivity contribution is 6.71. The summed E-state index contributed by atoms with van der Waals surface area (Å²) in [5.74, 6) is -1.21. The molecule has 99 heavy (non-hydrogen) atoms. The summed E-state index contributed by atoms with van der Waals surface area (Å²) < 4.78 is 98.9. The van der Waals surface area contributed by atoms with Crippen LogP contribution in [-0.4, -0.2) is 204 Å². The van der Waals surface area contributed by atoms with E-state index >= 15 is 0 Å². The second kappa shape index (κ2) is 58.9. The zero-order valence-electron chi connectivity index (χ0n) is 69.0. The van der Waals surface area contributed by atoms with Crippen LogP contribution in [-0.2, 0) is 110 Å². The fraction of sp³-hybridized carbons (Fsp3) is 0.913. The molecule has 0 aromatic heterocycles. The lowest BCUT2D eigenvalue weighted by Crippen LogP contribution is -2.52. The minimum absolute atomic E-state index is 0.00132. The molecule has 3 atom stereocenters. The average molecular weight is 1530 g/mol. The van der Waals surface area contributed by atoms with Crippen molar-refractivity contribution in [3.8, 4) is 0 Å². The summed E-state index contributed by atoms with van der Waals surface area (Å²) in [4.78, 5) is 70.1. The third-order valence-electron chi connectivity index (χ3n) is 15.2. The number of rotatable bonds is 48. The summed E-state index contributed by atoms with van der Waals surface area (Å²) in [6.07, 6.45) is 6.26. The van der Waals surface area contributed by atoms with Gasteiger partial charge in [0.1, 0.15) is 24.9 Å². The maximum absolute atomic E-state index is 12.0. The van der Waals surface area contributed by atoms with Gasteiger partial charge in [-0.2, -0.15) is 0 Å². The molecule has 0 spiro atoms. The van der Waals surface area contributed by atoms with E-state index in [9.17, 15) is 28.8 Å². The van der Waals surface area contributed by atoms with E-state index in [0.717, 1.165) is 38.5 Å². The molecule has 0 saturated carbocycles. The molecule has 0 aromatic carbocycles. The first-order valence-electron chi connectivity index (χ1n) is 36.6. The van der Waals surface area contributed by atoms with Crippen LogP contribution in [0.2, 0.25) is 39.3 Å². The standard InChI is InChI=1S/C13H28O5Si.C12H26O5Si.C12H26O4Si.C11H24O4Si.C11H24O3Si.C10H22O3Si/c1-7-13(5,6)12(14)15-11-19(16-8-2,17-9-3)18-10-4;1-6-11(5)12(13)14-10-18(15-7-2,16-8-3)17-9-4;1-7-12(4,5)11(13)14-10-17(6,15-8-2)16-9-3;1-6-10(4)11(12)13-9-16(5,14-7-2)15-8-3;1-7-11(3,4)10(12)13-9-15(5,6)14-8-2;1-6-9(3)10(11)12-8-14(4,5)13-7-2/h7-11H2,1-6H3;11H,6-10H2,1-5H3;7-10H2,1-6H3;10H,6-9H2,1-5H3;7-9H2,1-6H3;9H,6-8H2,1-5H3. The molecule has 0 aliphatic carbocycles. The molecule has 0 bridgehead atoms. The number of hydrogen-bond acceptors (Lipinski definition) is 24. The van der Waals surface area contributed by atoms with Crippen molar-refractivity contribution >= 4 is 87.2 Å². The SMILES string of the molecule is CCO[Si](C)(C)COC(=O)C(C)(C)CC.CCO[Si](C)(C)COC(=O)C(C)CC.CCO[Si](C)(COC(=O)C(C)(C)CC)OCC.CCO[Si](C)(COC(=O)C(C)CC)OCC.CCO[Si](COC(=O)C(C)(C)CC)(OCC)OCC.CCO[Si](COC(=O)C(C)CC)(OCC)OCC. The van der Waals surface area contributed by atoms with Gasteiger partial charge in [0.15, 0.2) is 12.5 Å². The Hall–Kier alpha value is -2.36. The molecule has 0 amide bonds. The van der Waals surface area contributed by atoms with Crippen molar-refractivity contribution in [2.45, 2.75) is 265 Å². The van der Waals surface area contributed by atoms with Crippen LogP contribution >= 0.6 is 0 Å². The van der Waals surface area contributed by atoms with Crippen molar-refractivity contribution in [2.24, 2.45) is 34.0 Å². The molecule has 3 unspecified atom stereocenters. The zero-order valence-corrected chi connectivity index (χ0v) is 75.0. The number of ether oxygens (including phenoxy) is 6. The van der Waals surface area contributed by atoms with Gasteiger partial charge in [-0.1, -0.05) is 62.3 Å². The molecular weight excluding hydrogens is 1380 g/mol. The fourth-order valence-electron chi connectivity index (χ4n) is 7.30. The maximum atomic E-state index is 12.0. The van der Waals surface area contributed by atoms with Gasteiger partial charge in [-0.3, -0.25) is 28.8 Å². The molecule has 0 rings (SSSR count). The second-order valence-corrected chi connectivity index (χ2v) is 46.0. The first-order valence-corrected chi connectivity index (χ1v) is 51.7. The predicted molar refractivity (Wildman–Crippen MR) is 406 cm³/mol. The Balaban J connectivity index is -0.000000263. The first kappa shape index (κ1) is 108. The Labute approximate surface area is 609 Å². The quantitative estimate of drug-likeness (QED) is 0.0311. The molecule has 0 N–H and O–H groups in total. The van der Waals surface area contributed by atoms with Gasteiger partial charge >= 0.3 is 70.5 Å². The van der Waals surface area contributed by atoms with Gasteiger partial charge in [0.25, 0.3) is 0 Å². The molecule has 24 nitrogen and oxygen atoms in total. The summed E-state index contributed by atoms with van der Waals surface area (Å²) in [5.41, 5.74) is -1.31. The van der Waals surface area contributed by atoms with Crippen molar-refractivity contribution in [3.63, 3.8) is 0 Å². The highest BCUT2D eigenvalue weighted by Crippen LogP contribution is 2.25. The second-order valence-electron chi connectivity index (χ2n) is 26.5. The summed E-state index contributed by atoms with van der Waals surface area (Å²) in [7, 11) is -14.0. The van der Waals surface area contributed by atoms with Crippen LogP contribution in [0.15, 0.2) is 0 Å². The average Bonchev–Trinajstić information content (AvgIpc) is 0.897. The highest BCUT2D eigenvalue weighted by atomic mass is 28.4. The van der Waals surface area contributed by atoms with Gasteiger partial charge in [0, 0.05) is 79.3 Å². The van der Waals surface area contributed by atoms with Crippen LogP contribution in [0.4, 0.5) is 0 Å². The van der Waals surface area contributed by atoms with Crippen LogP contribution in [0.5, 0.6) is 0 Å². The Bertz CT molecular complexity index is 2020. The normalized spacial score (nSPS) is 13.1. The van der Waals surface area contributed by atoms with Crippen molar-refractivity contribution in [3.05, 3.63) is 0 Å². The third kappa shape index (κ3) is 52.3. The smallest absolute Gasteiger partial charge is 0.466 e. The van der Waals surface area contributed by atoms with E-state index in [1.54, 1.807) is 0 Å². The summed E-state index contributed by atoms with van der Waals surface area (Å²) in [6.45, 7) is 70.2. The fourth-order valence-corrected chi connectivity index (χ4v) is 18.0. The van der Waals surface area contributed by atoms with E-state index in [4.69, 9.17) is 81.5 Å². The van der Waals surface area contributed by atoms with E-state index < -0.39 is 62.2 Å². The molecule has 594 valence electrons.